The van der Waals surface area contributed by atoms with Gasteiger partial charge in [-0.3, -0.25) is 4.79 Å². The number of carbonyl (C=O) groups excluding carboxylic acids is 1. The maximum absolute atomic E-state index is 11.1. The van der Waals surface area contributed by atoms with Gasteiger partial charge in [-0.1, -0.05) is 12.8 Å². The topological polar surface area (TPSA) is 78.8 Å². The van der Waals surface area contributed by atoms with Crippen LogP contribution in [0.4, 0.5) is 0 Å². The second-order valence-corrected chi connectivity index (χ2v) is 7.91. The Morgan fingerprint density at radius 1 is 1.21 bits per heavy atom. The van der Waals surface area contributed by atoms with E-state index in [1.165, 1.54) is 32.6 Å². The summed E-state index contributed by atoms with van der Waals surface area (Å²) in [7, 11) is 0. The fraction of sp³-hybridized carbons (Fsp3) is 0.947. The monoisotopic (exact) mass is 341 g/mol. The Morgan fingerprint density at radius 2 is 1.92 bits per heavy atom. The average Bonchev–Trinajstić information content (AvgIpc) is 3.00. The lowest BCUT2D eigenvalue weighted by Crippen LogP contribution is -2.42. The first kappa shape index (κ1) is 19.8. The van der Waals surface area contributed by atoms with E-state index in [4.69, 9.17) is 4.74 Å². The van der Waals surface area contributed by atoms with Gasteiger partial charge in [0.05, 0.1) is 17.8 Å². The number of rotatable bonds is 8. The molecule has 4 atom stereocenters. The van der Waals surface area contributed by atoms with Crippen molar-refractivity contribution in [2.45, 2.75) is 95.5 Å². The molecule has 0 amide bonds. The Hall–Kier alpha value is -0.490. The third-order valence-corrected chi connectivity index (χ3v) is 5.85. The zero-order valence-electron chi connectivity index (χ0n) is 15.3. The molecule has 24 heavy (non-hydrogen) atoms. The van der Waals surface area contributed by atoms with E-state index in [0.29, 0.717) is 18.5 Å². The second-order valence-electron chi connectivity index (χ2n) is 7.91. The van der Waals surface area contributed by atoms with Gasteiger partial charge in [-0.15, -0.1) is 0 Å². The first-order chi connectivity index (χ1) is 11.4. The number of hydrogen-bond donors (Lipinski definition) is 3. The summed E-state index contributed by atoms with van der Waals surface area (Å²) in [6, 6.07) is 0.350. The normalized spacial score (nSPS) is 31.6. The Labute approximate surface area is 146 Å². The maximum atomic E-state index is 11.1. The number of carbonyl (C=O) groups is 1. The van der Waals surface area contributed by atoms with E-state index in [1.807, 2.05) is 0 Å². The van der Waals surface area contributed by atoms with Crippen LogP contribution >= 0.6 is 0 Å². The minimum absolute atomic E-state index is 0.0308. The number of nitrogens with one attached hydrogen (secondary N) is 1. The molecule has 5 nitrogen and oxygen atoms in total. The molecular formula is C19H35NO4. The van der Waals surface area contributed by atoms with Crippen LogP contribution < -0.4 is 5.32 Å². The van der Waals surface area contributed by atoms with Crippen molar-refractivity contribution >= 4 is 5.78 Å². The van der Waals surface area contributed by atoms with E-state index >= 15 is 0 Å². The fourth-order valence-corrected chi connectivity index (χ4v) is 4.30. The number of hydrogen-bond acceptors (Lipinski definition) is 5. The van der Waals surface area contributed by atoms with Crippen molar-refractivity contribution < 1.29 is 19.7 Å². The van der Waals surface area contributed by atoms with Crippen LogP contribution in [0.15, 0.2) is 0 Å². The molecule has 0 aliphatic heterocycles. The van der Waals surface area contributed by atoms with Crippen molar-refractivity contribution in [3.8, 4) is 0 Å². The first-order valence-corrected chi connectivity index (χ1v) is 9.65. The highest BCUT2D eigenvalue weighted by Gasteiger charge is 2.39. The van der Waals surface area contributed by atoms with Crippen molar-refractivity contribution in [3.63, 3.8) is 0 Å². The van der Waals surface area contributed by atoms with Crippen LogP contribution in [0.2, 0.25) is 0 Å². The van der Waals surface area contributed by atoms with E-state index < -0.39 is 11.7 Å². The second kappa shape index (κ2) is 9.27. The van der Waals surface area contributed by atoms with Crippen LogP contribution in [0.1, 0.15) is 71.6 Å². The Bertz CT molecular complexity index is 395. The molecule has 2 aliphatic rings. The Morgan fingerprint density at radius 3 is 2.54 bits per heavy atom. The molecule has 2 aliphatic carbocycles. The smallest absolute Gasteiger partial charge is 0.155 e. The van der Waals surface area contributed by atoms with Gasteiger partial charge in [0.25, 0.3) is 0 Å². The largest absolute Gasteiger partial charge is 0.391 e. The lowest BCUT2D eigenvalue weighted by molar-refractivity contribution is -0.125. The molecule has 140 valence electrons. The summed E-state index contributed by atoms with van der Waals surface area (Å²) in [5.41, 5.74) is -0.471. The van der Waals surface area contributed by atoms with Gasteiger partial charge >= 0.3 is 0 Å². The van der Waals surface area contributed by atoms with Gasteiger partial charge < -0.3 is 20.3 Å². The third-order valence-electron chi connectivity index (χ3n) is 5.85. The van der Waals surface area contributed by atoms with Gasteiger partial charge in [-0.25, -0.2) is 0 Å². The highest BCUT2D eigenvalue weighted by Crippen LogP contribution is 2.41. The van der Waals surface area contributed by atoms with Crippen LogP contribution in [0.5, 0.6) is 0 Å². The standard InChI is InChI=1S/C19H35NO4/c1-14(21)13-24-18(15(2)22)12-20-17-8-5-10-19(23,11-9-17)16-6-3-4-7-16/h15-18,20,22-23H,3-13H2,1-2H3/t15-,17?,18?,19+/m0/s1. The zero-order chi connectivity index (χ0) is 17.6. The Balaban J connectivity index is 1.79. The lowest BCUT2D eigenvalue weighted by atomic mass is 9.80. The predicted molar refractivity (Wildman–Crippen MR) is 93.9 cm³/mol. The van der Waals surface area contributed by atoms with Crippen molar-refractivity contribution in [2.75, 3.05) is 13.2 Å². The highest BCUT2D eigenvalue weighted by molar-refractivity contribution is 5.76. The number of ether oxygens (including phenoxy) is 1. The summed E-state index contributed by atoms with van der Waals surface area (Å²) in [4.78, 5) is 11.1. The molecule has 0 saturated heterocycles. The number of Topliss-reactive ketones (excluding diaryl/α,β-unsaturated/α-hetero) is 1. The van der Waals surface area contributed by atoms with Gasteiger partial charge in [-0.05, 0) is 64.7 Å². The molecule has 2 fully saturated rings. The molecule has 0 radical (unpaired) electrons. The highest BCUT2D eigenvalue weighted by atomic mass is 16.5. The molecule has 0 aromatic heterocycles. The predicted octanol–water partition coefficient (Wildman–Crippen LogP) is 2.18. The molecular weight excluding hydrogens is 306 g/mol. The van der Waals surface area contributed by atoms with Gasteiger partial charge in [0.2, 0.25) is 0 Å². The first-order valence-electron chi connectivity index (χ1n) is 9.65. The van der Waals surface area contributed by atoms with Crippen molar-refractivity contribution in [1.82, 2.24) is 5.32 Å². The van der Waals surface area contributed by atoms with Gasteiger partial charge in [0.1, 0.15) is 6.61 Å². The molecule has 0 heterocycles. The van der Waals surface area contributed by atoms with E-state index in [0.717, 1.165) is 32.1 Å². The minimum atomic E-state index is -0.613. The van der Waals surface area contributed by atoms with Crippen LogP contribution in [0, 0.1) is 5.92 Å². The number of aliphatic hydroxyl groups is 2. The number of ketones is 1. The molecule has 0 aromatic carbocycles. The van der Waals surface area contributed by atoms with Crippen LogP contribution in [-0.2, 0) is 9.53 Å². The summed E-state index contributed by atoms with van der Waals surface area (Å²) in [6.07, 6.45) is 8.73. The molecule has 0 spiro atoms. The quantitative estimate of drug-likeness (QED) is 0.590. The summed E-state index contributed by atoms with van der Waals surface area (Å²) in [6.45, 7) is 3.76. The average molecular weight is 341 g/mol. The summed E-state index contributed by atoms with van der Waals surface area (Å²) >= 11 is 0. The summed E-state index contributed by atoms with van der Waals surface area (Å²) in [5.74, 6) is 0.456. The van der Waals surface area contributed by atoms with Crippen LogP contribution in [-0.4, -0.2) is 53.0 Å². The van der Waals surface area contributed by atoms with Gasteiger partial charge in [0.15, 0.2) is 5.78 Å². The van der Waals surface area contributed by atoms with E-state index in [2.05, 4.69) is 5.32 Å². The van der Waals surface area contributed by atoms with Crippen LogP contribution in [0.3, 0.4) is 0 Å². The Kier molecular flexibility index (Phi) is 7.66. The molecule has 0 aromatic rings. The molecule has 3 N–H and O–H groups in total. The van der Waals surface area contributed by atoms with E-state index in [9.17, 15) is 15.0 Å². The van der Waals surface area contributed by atoms with Crippen molar-refractivity contribution in [3.05, 3.63) is 0 Å². The number of aliphatic hydroxyl groups excluding tert-OH is 1. The molecule has 2 unspecified atom stereocenters. The SMILES string of the molecule is CC(=O)COC(CNC1CCC[C@](O)(C2CCCC2)CC1)[C@H](C)O. The zero-order valence-corrected chi connectivity index (χ0v) is 15.3. The van der Waals surface area contributed by atoms with Crippen molar-refractivity contribution in [1.29, 1.82) is 0 Å². The molecule has 0 bridgehead atoms. The summed E-state index contributed by atoms with van der Waals surface area (Å²) < 4.78 is 5.50. The third kappa shape index (κ3) is 5.80. The fourth-order valence-electron chi connectivity index (χ4n) is 4.30. The van der Waals surface area contributed by atoms with Crippen LogP contribution in [0.25, 0.3) is 0 Å². The maximum Gasteiger partial charge on any atom is 0.155 e. The van der Waals surface area contributed by atoms with Gasteiger partial charge in [0, 0.05) is 12.6 Å². The molecule has 2 rings (SSSR count). The molecule has 5 heteroatoms. The van der Waals surface area contributed by atoms with E-state index in [-0.39, 0.29) is 18.5 Å². The summed E-state index contributed by atoms with van der Waals surface area (Å²) in [5, 5.41) is 24.4. The van der Waals surface area contributed by atoms with E-state index in [1.54, 1.807) is 6.92 Å². The lowest BCUT2D eigenvalue weighted by Gasteiger charge is -2.33. The molecule has 2 saturated carbocycles. The van der Waals surface area contributed by atoms with Crippen molar-refractivity contribution in [2.24, 2.45) is 5.92 Å². The van der Waals surface area contributed by atoms with Gasteiger partial charge in [-0.2, -0.15) is 0 Å². The minimum Gasteiger partial charge on any atom is -0.391 e.